The molecule has 150 valence electrons. The van der Waals surface area contributed by atoms with Gasteiger partial charge in [0.1, 0.15) is 11.5 Å². The molecule has 0 bridgehead atoms. The predicted octanol–water partition coefficient (Wildman–Crippen LogP) is 2.86. The number of aromatic nitrogens is 3. The SMILES string of the molecule is COc1cc(OC)cc(-c2nc3ccccc3c(=O)n2NC(=O)c2ccncc2)c1. The summed E-state index contributed by atoms with van der Waals surface area (Å²) in [5.74, 6) is 0.837. The zero-order valence-electron chi connectivity index (χ0n) is 16.3. The number of rotatable bonds is 5. The summed E-state index contributed by atoms with van der Waals surface area (Å²) in [6.45, 7) is 0. The Balaban J connectivity index is 1.93. The first kappa shape index (κ1) is 19.1. The van der Waals surface area contributed by atoms with Crippen molar-refractivity contribution < 1.29 is 14.3 Å². The Kier molecular flexibility index (Phi) is 5.13. The van der Waals surface area contributed by atoms with E-state index in [1.165, 1.54) is 26.6 Å². The minimum atomic E-state index is -0.465. The van der Waals surface area contributed by atoms with Crippen molar-refractivity contribution in [2.75, 3.05) is 19.6 Å². The number of fused-ring (bicyclic) bond motifs is 1. The molecule has 1 amide bonds. The van der Waals surface area contributed by atoms with E-state index in [4.69, 9.17) is 9.47 Å². The van der Waals surface area contributed by atoms with E-state index in [0.717, 1.165) is 4.68 Å². The quantitative estimate of drug-likeness (QED) is 0.552. The van der Waals surface area contributed by atoms with Crippen LogP contribution >= 0.6 is 0 Å². The largest absolute Gasteiger partial charge is 0.497 e. The number of hydrogen-bond acceptors (Lipinski definition) is 6. The highest BCUT2D eigenvalue weighted by molar-refractivity contribution is 6.00. The maximum Gasteiger partial charge on any atom is 0.280 e. The Morgan fingerprint density at radius 2 is 1.63 bits per heavy atom. The molecule has 0 unspecified atom stereocenters. The number of nitrogens with one attached hydrogen (secondary N) is 1. The number of amides is 1. The Morgan fingerprint density at radius 3 is 2.30 bits per heavy atom. The minimum absolute atomic E-state index is 0.248. The number of ether oxygens (including phenoxy) is 2. The van der Waals surface area contributed by atoms with Crippen LogP contribution in [-0.4, -0.2) is 34.8 Å². The van der Waals surface area contributed by atoms with Gasteiger partial charge < -0.3 is 9.47 Å². The molecule has 0 aliphatic rings. The number of hydrogen-bond donors (Lipinski definition) is 1. The summed E-state index contributed by atoms with van der Waals surface area (Å²) >= 11 is 0. The molecule has 2 heterocycles. The molecular formula is C22H18N4O4. The van der Waals surface area contributed by atoms with Crippen LogP contribution in [0, 0.1) is 0 Å². The lowest BCUT2D eigenvalue weighted by molar-refractivity contribution is 0.101. The molecule has 0 aliphatic heterocycles. The zero-order valence-corrected chi connectivity index (χ0v) is 16.3. The summed E-state index contributed by atoms with van der Waals surface area (Å²) < 4.78 is 11.8. The summed E-state index contributed by atoms with van der Waals surface area (Å²) in [5.41, 5.74) is 3.66. The maximum atomic E-state index is 13.2. The van der Waals surface area contributed by atoms with E-state index in [2.05, 4.69) is 15.4 Å². The Morgan fingerprint density at radius 1 is 0.967 bits per heavy atom. The van der Waals surface area contributed by atoms with Gasteiger partial charge in [-0.2, -0.15) is 4.68 Å². The first-order chi connectivity index (χ1) is 14.6. The molecule has 4 rings (SSSR count). The van der Waals surface area contributed by atoms with E-state index in [1.807, 2.05) is 0 Å². The third-order valence-corrected chi connectivity index (χ3v) is 4.54. The minimum Gasteiger partial charge on any atom is -0.497 e. The number of para-hydroxylation sites is 1. The van der Waals surface area contributed by atoms with Crippen LogP contribution in [0.5, 0.6) is 11.5 Å². The highest BCUT2D eigenvalue weighted by Crippen LogP contribution is 2.29. The van der Waals surface area contributed by atoms with Gasteiger partial charge in [0.25, 0.3) is 11.5 Å². The van der Waals surface area contributed by atoms with E-state index in [0.29, 0.717) is 33.5 Å². The molecule has 0 radical (unpaired) electrons. The first-order valence-corrected chi connectivity index (χ1v) is 9.07. The molecule has 0 spiro atoms. The molecule has 8 nitrogen and oxygen atoms in total. The topological polar surface area (TPSA) is 95.3 Å². The Labute approximate surface area is 171 Å². The average Bonchev–Trinajstić information content (AvgIpc) is 2.80. The maximum absolute atomic E-state index is 13.2. The van der Waals surface area contributed by atoms with Gasteiger partial charge in [-0.1, -0.05) is 12.1 Å². The van der Waals surface area contributed by atoms with Crippen LogP contribution in [0.4, 0.5) is 0 Å². The van der Waals surface area contributed by atoms with Crippen molar-refractivity contribution in [2.24, 2.45) is 0 Å². The highest BCUT2D eigenvalue weighted by Gasteiger charge is 2.17. The molecule has 30 heavy (non-hydrogen) atoms. The van der Waals surface area contributed by atoms with Crippen molar-refractivity contribution >= 4 is 16.8 Å². The second-order valence-corrected chi connectivity index (χ2v) is 6.37. The third kappa shape index (κ3) is 3.58. The lowest BCUT2D eigenvalue weighted by Crippen LogP contribution is -2.35. The van der Waals surface area contributed by atoms with Gasteiger partial charge in [-0.05, 0) is 36.4 Å². The van der Waals surface area contributed by atoms with Crippen LogP contribution in [0.25, 0.3) is 22.3 Å². The second kappa shape index (κ2) is 8.04. The number of benzene rings is 2. The molecule has 0 saturated carbocycles. The average molecular weight is 402 g/mol. The van der Waals surface area contributed by atoms with Crippen LogP contribution in [0.3, 0.4) is 0 Å². The molecule has 0 fully saturated rings. The number of pyridine rings is 1. The van der Waals surface area contributed by atoms with E-state index in [1.54, 1.807) is 54.6 Å². The van der Waals surface area contributed by atoms with Crippen molar-refractivity contribution in [3.63, 3.8) is 0 Å². The van der Waals surface area contributed by atoms with Crippen LogP contribution in [0.2, 0.25) is 0 Å². The fraction of sp³-hybridized carbons (Fsp3) is 0.0909. The van der Waals surface area contributed by atoms with Gasteiger partial charge >= 0.3 is 0 Å². The summed E-state index contributed by atoms with van der Waals surface area (Å²) in [4.78, 5) is 34.5. The summed E-state index contributed by atoms with van der Waals surface area (Å²) in [6.07, 6.45) is 3.01. The van der Waals surface area contributed by atoms with Gasteiger partial charge in [0.05, 0.1) is 25.1 Å². The van der Waals surface area contributed by atoms with Crippen molar-refractivity contribution in [2.45, 2.75) is 0 Å². The molecule has 0 saturated heterocycles. The van der Waals surface area contributed by atoms with Crippen LogP contribution in [-0.2, 0) is 0 Å². The monoisotopic (exact) mass is 402 g/mol. The number of carbonyl (C=O) groups excluding carboxylic acids is 1. The van der Waals surface area contributed by atoms with Crippen LogP contribution in [0.1, 0.15) is 10.4 Å². The second-order valence-electron chi connectivity index (χ2n) is 6.37. The van der Waals surface area contributed by atoms with E-state index >= 15 is 0 Å². The Hall–Kier alpha value is -4.20. The van der Waals surface area contributed by atoms with Gasteiger partial charge in [-0.3, -0.25) is 20.0 Å². The van der Waals surface area contributed by atoms with E-state index in [-0.39, 0.29) is 5.82 Å². The van der Waals surface area contributed by atoms with E-state index < -0.39 is 11.5 Å². The number of carbonyl (C=O) groups is 1. The Bertz CT molecular complexity index is 1260. The predicted molar refractivity (Wildman–Crippen MR) is 112 cm³/mol. The van der Waals surface area contributed by atoms with Gasteiger partial charge in [-0.15, -0.1) is 0 Å². The molecule has 4 aromatic rings. The molecule has 8 heteroatoms. The standard InChI is InChI=1S/C22H18N4O4/c1-29-16-11-15(12-17(13-16)30-2)20-24-19-6-4-3-5-18(19)22(28)26(20)25-21(27)14-7-9-23-10-8-14/h3-13H,1-2H3,(H,25,27). The fourth-order valence-electron chi connectivity index (χ4n) is 3.04. The lowest BCUT2D eigenvalue weighted by atomic mass is 10.1. The van der Waals surface area contributed by atoms with Crippen molar-refractivity contribution in [1.82, 2.24) is 14.6 Å². The molecule has 1 N–H and O–H groups in total. The van der Waals surface area contributed by atoms with Gasteiger partial charge in [0.2, 0.25) is 0 Å². The molecule has 2 aromatic heterocycles. The lowest BCUT2D eigenvalue weighted by Gasteiger charge is -2.16. The van der Waals surface area contributed by atoms with Gasteiger partial charge in [0.15, 0.2) is 5.82 Å². The first-order valence-electron chi connectivity index (χ1n) is 9.07. The van der Waals surface area contributed by atoms with Crippen molar-refractivity contribution in [3.8, 4) is 22.9 Å². The van der Waals surface area contributed by atoms with Gasteiger partial charge in [-0.25, -0.2) is 4.98 Å². The zero-order chi connectivity index (χ0) is 21.1. The number of nitrogens with zero attached hydrogens (tertiary/aromatic N) is 3. The number of methoxy groups -OCH3 is 2. The van der Waals surface area contributed by atoms with Crippen molar-refractivity contribution in [1.29, 1.82) is 0 Å². The molecule has 2 aromatic carbocycles. The summed E-state index contributed by atoms with van der Waals surface area (Å²) in [6, 6.07) is 15.2. The van der Waals surface area contributed by atoms with Gasteiger partial charge in [0, 0.05) is 29.6 Å². The van der Waals surface area contributed by atoms with Crippen LogP contribution < -0.4 is 20.5 Å². The fourth-order valence-corrected chi connectivity index (χ4v) is 3.04. The molecule has 0 aliphatic carbocycles. The van der Waals surface area contributed by atoms with E-state index in [9.17, 15) is 9.59 Å². The summed E-state index contributed by atoms with van der Waals surface area (Å²) in [7, 11) is 3.06. The molecular weight excluding hydrogens is 384 g/mol. The smallest absolute Gasteiger partial charge is 0.280 e. The third-order valence-electron chi connectivity index (χ3n) is 4.54. The van der Waals surface area contributed by atoms with Crippen molar-refractivity contribution in [3.05, 3.63) is 82.9 Å². The molecule has 0 atom stereocenters. The summed E-state index contributed by atoms with van der Waals surface area (Å²) in [5, 5.41) is 0.381. The van der Waals surface area contributed by atoms with Crippen LogP contribution in [0.15, 0.2) is 71.8 Å². The highest BCUT2D eigenvalue weighted by atomic mass is 16.5. The normalized spacial score (nSPS) is 10.6.